The average molecular weight is 322 g/mol. The van der Waals surface area contributed by atoms with Crippen molar-refractivity contribution in [1.29, 1.82) is 0 Å². The van der Waals surface area contributed by atoms with E-state index >= 15 is 0 Å². The van der Waals surface area contributed by atoms with Crippen LogP contribution in [0.25, 0.3) is 0 Å². The Kier molecular flexibility index (Phi) is 5.14. The van der Waals surface area contributed by atoms with Crippen molar-refractivity contribution in [2.75, 3.05) is 18.1 Å². The van der Waals surface area contributed by atoms with E-state index in [-0.39, 0.29) is 11.5 Å². The van der Waals surface area contributed by atoms with E-state index in [0.717, 1.165) is 17.9 Å². The Morgan fingerprint density at radius 3 is 2.89 bits per heavy atom. The first-order valence-electron chi connectivity index (χ1n) is 5.99. The van der Waals surface area contributed by atoms with Gasteiger partial charge >= 0.3 is 0 Å². The third kappa shape index (κ3) is 3.86. The summed E-state index contributed by atoms with van der Waals surface area (Å²) in [6.07, 6.45) is 1.05. The molecular weight excluding hydrogens is 306 g/mol. The van der Waals surface area contributed by atoms with E-state index in [4.69, 9.17) is 16.7 Å². The van der Waals surface area contributed by atoms with Crippen molar-refractivity contribution in [1.82, 2.24) is 4.72 Å². The van der Waals surface area contributed by atoms with Crippen LogP contribution < -0.4 is 4.72 Å². The number of sulfonamides is 1. The van der Waals surface area contributed by atoms with Gasteiger partial charge in [-0.2, -0.15) is 11.8 Å². The van der Waals surface area contributed by atoms with Gasteiger partial charge in [-0.1, -0.05) is 11.6 Å². The summed E-state index contributed by atoms with van der Waals surface area (Å²) in [5.74, 6) is 2.51. The summed E-state index contributed by atoms with van der Waals surface area (Å²) >= 11 is 7.70. The van der Waals surface area contributed by atoms with Gasteiger partial charge in [-0.3, -0.25) is 0 Å². The van der Waals surface area contributed by atoms with Crippen LogP contribution in [0.3, 0.4) is 0 Å². The summed E-state index contributed by atoms with van der Waals surface area (Å²) in [6.45, 7) is 0.188. The van der Waals surface area contributed by atoms with Gasteiger partial charge in [-0.15, -0.1) is 0 Å². The maximum Gasteiger partial charge on any atom is 0.240 e. The molecule has 1 saturated heterocycles. The molecule has 0 radical (unpaired) electrons. The highest BCUT2D eigenvalue weighted by Gasteiger charge is 2.20. The van der Waals surface area contributed by atoms with E-state index in [1.54, 1.807) is 0 Å². The number of benzene rings is 1. The van der Waals surface area contributed by atoms with Gasteiger partial charge in [0.1, 0.15) is 0 Å². The van der Waals surface area contributed by atoms with Crippen molar-refractivity contribution in [3.63, 3.8) is 0 Å². The van der Waals surface area contributed by atoms with Gasteiger partial charge in [-0.25, -0.2) is 13.1 Å². The summed E-state index contributed by atoms with van der Waals surface area (Å²) in [4.78, 5) is 0.145. The summed E-state index contributed by atoms with van der Waals surface area (Å²) in [6, 6.07) is 4.36. The summed E-state index contributed by atoms with van der Waals surface area (Å²) in [7, 11) is -3.53. The van der Waals surface area contributed by atoms with Gasteiger partial charge in [0.15, 0.2) is 0 Å². The smallest absolute Gasteiger partial charge is 0.240 e. The molecule has 1 aromatic carbocycles. The number of hydrogen-bond donors (Lipinski definition) is 2. The highest BCUT2D eigenvalue weighted by Crippen LogP contribution is 2.24. The third-order valence-corrected chi connectivity index (χ3v) is 6.11. The van der Waals surface area contributed by atoms with E-state index < -0.39 is 10.0 Å². The average Bonchev–Trinajstić information content (AvgIpc) is 2.90. The van der Waals surface area contributed by atoms with Gasteiger partial charge in [0.25, 0.3) is 0 Å². The van der Waals surface area contributed by atoms with Gasteiger partial charge in [0.2, 0.25) is 10.0 Å². The maximum absolute atomic E-state index is 12.1. The Morgan fingerprint density at radius 1 is 1.47 bits per heavy atom. The first kappa shape index (κ1) is 15.1. The minimum absolute atomic E-state index is 0.145. The van der Waals surface area contributed by atoms with Crippen LogP contribution in [0.2, 0.25) is 5.02 Å². The van der Waals surface area contributed by atoms with E-state index in [2.05, 4.69) is 4.72 Å². The van der Waals surface area contributed by atoms with E-state index in [0.29, 0.717) is 23.0 Å². The molecular formula is C12H16ClNO3S2. The van der Waals surface area contributed by atoms with Crippen LogP contribution in [0.1, 0.15) is 12.0 Å². The summed E-state index contributed by atoms with van der Waals surface area (Å²) in [5, 5.41) is 9.48. The predicted octanol–water partition coefficient (Wildman–Crippen LogP) is 1.86. The van der Waals surface area contributed by atoms with Crippen molar-refractivity contribution >= 4 is 33.4 Å². The number of rotatable bonds is 5. The Bertz CT molecular complexity index is 542. The molecule has 1 atom stereocenters. The zero-order valence-electron chi connectivity index (χ0n) is 10.3. The number of aliphatic hydroxyl groups is 1. The van der Waals surface area contributed by atoms with Crippen molar-refractivity contribution < 1.29 is 13.5 Å². The molecule has 7 heteroatoms. The van der Waals surface area contributed by atoms with Crippen LogP contribution in [-0.2, 0) is 16.6 Å². The highest BCUT2D eigenvalue weighted by molar-refractivity contribution is 7.99. The van der Waals surface area contributed by atoms with Crippen molar-refractivity contribution in [2.45, 2.75) is 17.9 Å². The van der Waals surface area contributed by atoms with Gasteiger partial charge in [0, 0.05) is 11.6 Å². The second kappa shape index (κ2) is 6.45. The van der Waals surface area contributed by atoms with Crippen molar-refractivity contribution in [2.24, 2.45) is 5.92 Å². The molecule has 1 aromatic rings. The van der Waals surface area contributed by atoms with Crippen LogP contribution in [0.5, 0.6) is 0 Å². The molecule has 4 nitrogen and oxygen atoms in total. The molecule has 1 heterocycles. The van der Waals surface area contributed by atoms with Crippen molar-refractivity contribution in [3.05, 3.63) is 28.8 Å². The molecule has 0 bridgehead atoms. The Hall–Kier alpha value is -0.270. The minimum Gasteiger partial charge on any atom is -0.392 e. The summed E-state index contributed by atoms with van der Waals surface area (Å²) in [5.41, 5.74) is 0.418. The largest absolute Gasteiger partial charge is 0.392 e. The first-order valence-corrected chi connectivity index (χ1v) is 9.01. The second-order valence-electron chi connectivity index (χ2n) is 4.49. The lowest BCUT2D eigenvalue weighted by atomic mass is 10.1. The lowest BCUT2D eigenvalue weighted by molar-refractivity contribution is 0.281. The van der Waals surface area contributed by atoms with Crippen LogP contribution >= 0.6 is 23.4 Å². The van der Waals surface area contributed by atoms with Crippen LogP contribution in [0.4, 0.5) is 0 Å². The highest BCUT2D eigenvalue weighted by atomic mass is 35.5. The fraction of sp³-hybridized carbons (Fsp3) is 0.500. The molecule has 1 unspecified atom stereocenters. The summed E-state index contributed by atoms with van der Waals surface area (Å²) < 4.78 is 26.9. The van der Waals surface area contributed by atoms with Crippen LogP contribution in [0.15, 0.2) is 23.1 Å². The van der Waals surface area contributed by atoms with Crippen LogP contribution in [0, 0.1) is 5.92 Å². The number of hydrogen-bond acceptors (Lipinski definition) is 4. The molecule has 0 saturated carbocycles. The molecule has 0 aliphatic carbocycles. The molecule has 1 aliphatic rings. The quantitative estimate of drug-likeness (QED) is 0.869. The molecule has 106 valence electrons. The minimum atomic E-state index is -3.53. The van der Waals surface area contributed by atoms with Crippen molar-refractivity contribution in [3.8, 4) is 0 Å². The first-order chi connectivity index (χ1) is 9.03. The van der Waals surface area contributed by atoms with Crippen LogP contribution in [-0.4, -0.2) is 31.6 Å². The standard InChI is InChI=1S/C12H16ClNO3S2/c13-12-2-1-11(5-10(12)7-15)19(16,17)14-6-9-3-4-18-8-9/h1-2,5,9,14-15H,3-4,6-8H2. The monoisotopic (exact) mass is 321 g/mol. The molecule has 2 rings (SSSR count). The third-order valence-electron chi connectivity index (χ3n) is 3.08. The molecule has 0 amide bonds. The number of halogens is 1. The molecule has 1 aliphatic heterocycles. The fourth-order valence-electron chi connectivity index (χ4n) is 1.89. The Balaban J connectivity index is 2.10. The molecule has 19 heavy (non-hydrogen) atoms. The predicted molar refractivity (Wildman–Crippen MR) is 78.0 cm³/mol. The second-order valence-corrected chi connectivity index (χ2v) is 7.82. The van der Waals surface area contributed by atoms with E-state index in [1.165, 1.54) is 18.2 Å². The fourth-order valence-corrected chi connectivity index (χ4v) is 4.52. The molecule has 2 N–H and O–H groups in total. The number of aliphatic hydroxyl groups excluding tert-OH is 1. The molecule has 0 aromatic heterocycles. The van der Waals surface area contributed by atoms with Gasteiger partial charge < -0.3 is 5.11 Å². The van der Waals surface area contributed by atoms with E-state index in [9.17, 15) is 8.42 Å². The van der Waals surface area contributed by atoms with Gasteiger partial charge in [0.05, 0.1) is 11.5 Å². The topological polar surface area (TPSA) is 66.4 Å². The Labute approximate surface area is 122 Å². The zero-order chi connectivity index (χ0) is 13.9. The van der Waals surface area contributed by atoms with E-state index in [1.807, 2.05) is 11.8 Å². The SMILES string of the molecule is O=S(=O)(NCC1CCSC1)c1ccc(Cl)c(CO)c1. The van der Waals surface area contributed by atoms with Gasteiger partial charge in [-0.05, 0) is 47.6 Å². The number of thioether (sulfide) groups is 1. The molecule has 1 fully saturated rings. The lowest BCUT2D eigenvalue weighted by Gasteiger charge is -2.11. The lowest BCUT2D eigenvalue weighted by Crippen LogP contribution is -2.29. The zero-order valence-corrected chi connectivity index (χ0v) is 12.7. The molecule has 0 spiro atoms. The number of nitrogens with one attached hydrogen (secondary N) is 1. The normalized spacial score (nSPS) is 19.8. The maximum atomic E-state index is 12.1. The Morgan fingerprint density at radius 2 is 2.26 bits per heavy atom.